The largest absolute Gasteiger partial charge is 0.347 e. The van der Waals surface area contributed by atoms with Crippen molar-refractivity contribution in [1.82, 2.24) is 9.80 Å². The zero-order valence-corrected chi connectivity index (χ0v) is 11.4. The fourth-order valence-electron chi connectivity index (χ4n) is 1.33. The molecule has 1 unspecified atom stereocenters. The van der Waals surface area contributed by atoms with Gasteiger partial charge in [-0.2, -0.15) is 0 Å². The molecule has 0 radical (unpaired) electrons. The maximum Gasteiger partial charge on any atom is 0.241 e. The van der Waals surface area contributed by atoms with Gasteiger partial charge in [0.25, 0.3) is 0 Å². The third kappa shape index (κ3) is 6.26. The van der Waals surface area contributed by atoms with Crippen molar-refractivity contribution >= 4 is 11.8 Å². The molecule has 0 rings (SSSR count). The molecule has 5 nitrogen and oxygen atoms in total. The lowest BCUT2D eigenvalue weighted by molar-refractivity contribution is -0.139. The van der Waals surface area contributed by atoms with E-state index in [1.54, 1.807) is 19.0 Å². The normalized spacial score (nSPS) is 12.1. The van der Waals surface area contributed by atoms with Crippen molar-refractivity contribution in [3.63, 3.8) is 0 Å². The predicted molar refractivity (Wildman–Crippen MR) is 68.4 cm³/mol. The molecule has 0 aromatic carbocycles. The van der Waals surface area contributed by atoms with Gasteiger partial charge in [0, 0.05) is 27.1 Å². The van der Waals surface area contributed by atoms with Crippen LogP contribution in [0.2, 0.25) is 0 Å². The molecular formula is C12H25N3O2. The Bertz CT molecular complexity index is 254. The molecule has 2 amide bonds. The third-order valence-corrected chi connectivity index (χ3v) is 2.81. The molecule has 17 heavy (non-hydrogen) atoms. The minimum Gasteiger partial charge on any atom is -0.347 e. The number of amides is 2. The summed E-state index contributed by atoms with van der Waals surface area (Å²) in [4.78, 5) is 26.5. The zero-order valence-electron chi connectivity index (χ0n) is 11.4. The molecule has 0 aromatic rings. The highest BCUT2D eigenvalue weighted by atomic mass is 16.2. The Morgan fingerprint density at radius 3 is 2.24 bits per heavy atom. The van der Waals surface area contributed by atoms with E-state index in [-0.39, 0.29) is 18.4 Å². The third-order valence-electron chi connectivity index (χ3n) is 2.81. The van der Waals surface area contributed by atoms with Crippen LogP contribution in [0.5, 0.6) is 0 Å². The maximum atomic E-state index is 11.9. The summed E-state index contributed by atoms with van der Waals surface area (Å²) in [5, 5.41) is 0. The first kappa shape index (κ1) is 15.9. The Balaban J connectivity index is 4.17. The van der Waals surface area contributed by atoms with Crippen LogP contribution in [0.3, 0.4) is 0 Å². The first-order valence-corrected chi connectivity index (χ1v) is 6.10. The van der Waals surface area contributed by atoms with Crippen molar-refractivity contribution in [2.24, 2.45) is 11.7 Å². The van der Waals surface area contributed by atoms with Crippen LogP contribution in [-0.2, 0) is 9.59 Å². The van der Waals surface area contributed by atoms with Gasteiger partial charge >= 0.3 is 0 Å². The highest BCUT2D eigenvalue weighted by Gasteiger charge is 2.16. The van der Waals surface area contributed by atoms with E-state index in [2.05, 4.69) is 0 Å². The molecule has 0 aliphatic carbocycles. The van der Waals surface area contributed by atoms with Crippen LogP contribution < -0.4 is 5.73 Å². The monoisotopic (exact) mass is 243 g/mol. The second-order valence-corrected chi connectivity index (χ2v) is 4.58. The lowest BCUT2D eigenvalue weighted by atomic mass is 10.1. The van der Waals surface area contributed by atoms with E-state index in [1.165, 1.54) is 4.90 Å². The molecule has 0 fully saturated rings. The van der Waals surface area contributed by atoms with Crippen molar-refractivity contribution in [3.05, 3.63) is 0 Å². The first-order valence-electron chi connectivity index (χ1n) is 6.10. The molecule has 0 saturated heterocycles. The summed E-state index contributed by atoms with van der Waals surface area (Å²) in [6, 6.07) is 0. The van der Waals surface area contributed by atoms with Gasteiger partial charge in [0.2, 0.25) is 11.8 Å². The lowest BCUT2D eigenvalue weighted by Crippen LogP contribution is -2.40. The minimum atomic E-state index is -0.0490. The van der Waals surface area contributed by atoms with Gasteiger partial charge in [0.1, 0.15) is 0 Å². The zero-order chi connectivity index (χ0) is 13.4. The van der Waals surface area contributed by atoms with Crippen molar-refractivity contribution in [3.8, 4) is 0 Å². The number of hydrogen-bond donors (Lipinski definition) is 1. The van der Waals surface area contributed by atoms with Crippen LogP contribution in [0.1, 0.15) is 26.7 Å². The Morgan fingerprint density at radius 1 is 1.24 bits per heavy atom. The van der Waals surface area contributed by atoms with Crippen molar-refractivity contribution in [1.29, 1.82) is 0 Å². The highest BCUT2D eigenvalue weighted by Crippen LogP contribution is 2.06. The number of carbonyl (C=O) groups excluding carboxylic acids is 2. The SMILES string of the molecule is CCN(CC(=O)N(C)C)C(=O)CCC(C)CN. The van der Waals surface area contributed by atoms with Gasteiger partial charge in [-0.05, 0) is 25.8 Å². The summed E-state index contributed by atoms with van der Waals surface area (Å²) in [6.07, 6.45) is 1.24. The second-order valence-electron chi connectivity index (χ2n) is 4.58. The molecule has 5 heteroatoms. The maximum absolute atomic E-state index is 11.9. The fourth-order valence-corrected chi connectivity index (χ4v) is 1.33. The Morgan fingerprint density at radius 2 is 1.82 bits per heavy atom. The highest BCUT2D eigenvalue weighted by molar-refractivity contribution is 5.84. The summed E-state index contributed by atoms with van der Waals surface area (Å²) in [5.74, 6) is 0.331. The number of nitrogens with two attached hydrogens (primary N) is 1. The van der Waals surface area contributed by atoms with E-state index in [9.17, 15) is 9.59 Å². The molecule has 100 valence electrons. The van der Waals surface area contributed by atoms with Gasteiger partial charge in [-0.3, -0.25) is 9.59 Å². The quantitative estimate of drug-likeness (QED) is 0.699. The average molecular weight is 243 g/mol. The van der Waals surface area contributed by atoms with E-state index in [1.807, 2.05) is 13.8 Å². The van der Waals surface area contributed by atoms with Crippen LogP contribution in [0.15, 0.2) is 0 Å². The summed E-state index contributed by atoms with van der Waals surface area (Å²) in [7, 11) is 3.38. The summed E-state index contributed by atoms with van der Waals surface area (Å²) in [6.45, 7) is 5.23. The molecule has 0 saturated carbocycles. The molecule has 0 bridgehead atoms. The molecule has 0 aromatic heterocycles. The summed E-state index contributed by atoms with van der Waals surface area (Å²) >= 11 is 0. The molecule has 0 aliphatic rings. The second kappa shape index (κ2) is 8.06. The van der Waals surface area contributed by atoms with Crippen molar-refractivity contribution < 1.29 is 9.59 Å². The van der Waals surface area contributed by atoms with E-state index in [4.69, 9.17) is 5.73 Å². The van der Waals surface area contributed by atoms with E-state index >= 15 is 0 Å². The average Bonchev–Trinajstić information content (AvgIpc) is 2.31. The van der Waals surface area contributed by atoms with Crippen LogP contribution in [0, 0.1) is 5.92 Å². The number of likely N-dealkylation sites (N-methyl/N-ethyl adjacent to an activating group) is 2. The van der Waals surface area contributed by atoms with Gasteiger partial charge in [0.15, 0.2) is 0 Å². The molecule has 2 N–H and O–H groups in total. The molecule has 0 heterocycles. The number of rotatable bonds is 7. The smallest absolute Gasteiger partial charge is 0.241 e. The van der Waals surface area contributed by atoms with Gasteiger partial charge in [0.05, 0.1) is 6.54 Å². The van der Waals surface area contributed by atoms with Gasteiger partial charge in [-0.1, -0.05) is 6.92 Å². The number of carbonyl (C=O) groups is 2. The van der Waals surface area contributed by atoms with E-state index in [0.29, 0.717) is 25.4 Å². The molecule has 0 spiro atoms. The van der Waals surface area contributed by atoms with Crippen LogP contribution in [0.25, 0.3) is 0 Å². The Labute approximate surface area is 104 Å². The summed E-state index contributed by atoms with van der Waals surface area (Å²) < 4.78 is 0. The Kier molecular flexibility index (Phi) is 7.54. The van der Waals surface area contributed by atoms with Gasteiger partial charge < -0.3 is 15.5 Å². The van der Waals surface area contributed by atoms with Crippen LogP contribution >= 0.6 is 0 Å². The van der Waals surface area contributed by atoms with E-state index < -0.39 is 0 Å². The number of nitrogens with zero attached hydrogens (tertiary/aromatic N) is 2. The van der Waals surface area contributed by atoms with E-state index in [0.717, 1.165) is 6.42 Å². The number of hydrogen-bond acceptors (Lipinski definition) is 3. The molecule has 1 atom stereocenters. The van der Waals surface area contributed by atoms with Crippen molar-refractivity contribution in [2.75, 3.05) is 33.7 Å². The first-order chi connectivity index (χ1) is 7.92. The Hall–Kier alpha value is -1.10. The lowest BCUT2D eigenvalue weighted by Gasteiger charge is -2.22. The van der Waals surface area contributed by atoms with Gasteiger partial charge in [-0.15, -0.1) is 0 Å². The van der Waals surface area contributed by atoms with Crippen LogP contribution in [0.4, 0.5) is 0 Å². The molecule has 0 aliphatic heterocycles. The summed E-state index contributed by atoms with van der Waals surface area (Å²) in [5.41, 5.74) is 5.50. The van der Waals surface area contributed by atoms with Crippen LogP contribution in [-0.4, -0.2) is 55.3 Å². The topological polar surface area (TPSA) is 66.6 Å². The minimum absolute atomic E-state index is 0.0306. The predicted octanol–water partition coefficient (Wildman–Crippen LogP) is 0.298. The standard InChI is InChI=1S/C12H25N3O2/c1-5-15(9-12(17)14(3)4)11(16)7-6-10(2)8-13/h10H,5-9,13H2,1-4H3. The van der Waals surface area contributed by atoms with Crippen molar-refractivity contribution in [2.45, 2.75) is 26.7 Å². The molecular weight excluding hydrogens is 218 g/mol. The fraction of sp³-hybridized carbons (Fsp3) is 0.833. The van der Waals surface area contributed by atoms with Gasteiger partial charge in [-0.25, -0.2) is 0 Å².